The highest BCUT2D eigenvalue weighted by molar-refractivity contribution is 5.98. The molecule has 0 saturated carbocycles. The highest BCUT2D eigenvalue weighted by Crippen LogP contribution is 2.47. The summed E-state index contributed by atoms with van der Waals surface area (Å²) in [5, 5.41) is 3.50. The summed E-state index contributed by atoms with van der Waals surface area (Å²) >= 11 is 0. The highest BCUT2D eigenvalue weighted by atomic mass is 35.5. The maximum atomic E-state index is 13.8. The van der Waals surface area contributed by atoms with Crippen molar-refractivity contribution in [3.05, 3.63) is 65.2 Å². The van der Waals surface area contributed by atoms with E-state index in [0.717, 1.165) is 25.2 Å². The van der Waals surface area contributed by atoms with E-state index in [1.165, 1.54) is 16.7 Å². The molecule has 36 heavy (non-hydrogen) atoms. The maximum Gasteiger partial charge on any atom is 0.241 e. The van der Waals surface area contributed by atoms with E-state index in [2.05, 4.69) is 59.6 Å². The van der Waals surface area contributed by atoms with Crippen LogP contribution in [-0.4, -0.2) is 86.7 Å². The van der Waals surface area contributed by atoms with E-state index in [1.54, 1.807) is 14.0 Å². The zero-order chi connectivity index (χ0) is 24.6. The Hall–Kier alpha value is -2.45. The molecule has 3 heterocycles. The Labute approximate surface area is 220 Å². The number of methoxy groups -OCH3 is 1. The fourth-order valence-corrected chi connectivity index (χ4v) is 5.90. The fourth-order valence-electron chi connectivity index (χ4n) is 5.90. The van der Waals surface area contributed by atoms with Gasteiger partial charge >= 0.3 is 0 Å². The van der Waals surface area contributed by atoms with Gasteiger partial charge in [-0.1, -0.05) is 42.5 Å². The number of likely N-dealkylation sites (tertiary alicyclic amines) is 1. The molecule has 2 aromatic rings. The van der Waals surface area contributed by atoms with Crippen LogP contribution in [0.2, 0.25) is 0 Å². The smallest absolute Gasteiger partial charge is 0.241 e. The third-order valence-corrected chi connectivity index (χ3v) is 7.79. The van der Waals surface area contributed by atoms with Crippen LogP contribution in [-0.2, 0) is 26.2 Å². The number of nitrogens with one attached hydrogen (secondary N) is 1. The van der Waals surface area contributed by atoms with Crippen molar-refractivity contribution in [1.82, 2.24) is 15.1 Å². The first-order valence-corrected chi connectivity index (χ1v) is 12.6. The molecule has 8 heteroatoms. The van der Waals surface area contributed by atoms with Gasteiger partial charge in [0.05, 0.1) is 18.6 Å². The van der Waals surface area contributed by atoms with Gasteiger partial charge in [0.1, 0.15) is 0 Å². The van der Waals surface area contributed by atoms with E-state index in [0.29, 0.717) is 38.8 Å². The number of amides is 2. The minimum atomic E-state index is -0.162. The molecule has 5 rings (SSSR count). The van der Waals surface area contributed by atoms with Gasteiger partial charge in [-0.2, -0.15) is 0 Å². The topological polar surface area (TPSA) is 65.1 Å². The summed E-state index contributed by atoms with van der Waals surface area (Å²) in [6.07, 6.45) is 0.827. The SMILES string of the molecule is COC[C@H]1CN[C@H](C)CN1CC(=O)N1CC2(CN(C(C)=O)C2)c2ccc(Cc3ccccc3)cc21.Cl. The van der Waals surface area contributed by atoms with E-state index in [4.69, 9.17) is 4.74 Å². The molecule has 0 aliphatic carbocycles. The van der Waals surface area contributed by atoms with Gasteiger partial charge in [0.2, 0.25) is 11.8 Å². The number of benzene rings is 2. The first kappa shape index (κ1) is 26.6. The number of rotatable bonds is 6. The van der Waals surface area contributed by atoms with Crippen LogP contribution in [0.5, 0.6) is 0 Å². The van der Waals surface area contributed by atoms with Crippen LogP contribution in [0.4, 0.5) is 5.69 Å². The molecule has 3 aliphatic heterocycles. The average Bonchev–Trinajstić information content (AvgIpc) is 3.16. The monoisotopic (exact) mass is 512 g/mol. The molecule has 2 atom stereocenters. The van der Waals surface area contributed by atoms with Gasteiger partial charge in [0, 0.05) is 64.5 Å². The summed E-state index contributed by atoms with van der Waals surface area (Å²) in [6, 6.07) is 17.5. The van der Waals surface area contributed by atoms with Gasteiger partial charge in [-0.25, -0.2) is 0 Å². The van der Waals surface area contributed by atoms with Crippen molar-refractivity contribution in [2.45, 2.75) is 37.8 Å². The van der Waals surface area contributed by atoms with Gasteiger partial charge in [0.25, 0.3) is 0 Å². The molecule has 3 aliphatic rings. The van der Waals surface area contributed by atoms with Crippen molar-refractivity contribution in [2.24, 2.45) is 0 Å². The first-order valence-electron chi connectivity index (χ1n) is 12.6. The Balaban J connectivity index is 0.00000304. The van der Waals surface area contributed by atoms with Gasteiger partial charge in [-0.15, -0.1) is 12.4 Å². The minimum absolute atomic E-state index is 0. The Morgan fingerprint density at radius 2 is 1.83 bits per heavy atom. The number of carbonyl (C=O) groups excluding carboxylic acids is 2. The summed E-state index contributed by atoms with van der Waals surface area (Å²) in [5.41, 5.74) is 4.49. The Kier molecular flexibility index (Phi) is 8.05. The number of carbonyl (C=O) groups is 2. The van der Waals surface area contributed by atoms with Crippen molar-refractivity contribution in [1.29, 1.82) is 0 Å². The number of fused-ring (bicyclic) bond motifs is 2. The van der Waals surface area contributed by atoms with Crippen LogP contribution < -0.4 is 10.2 Å². The standard InChI is InChI=1S/C28H36N4O3.ClH/c1-20-14-30(24(13-29-20)16-35-3)15-27(34)32-19-28(17-31(18-28)21(2)33)25-10-9-23(12-26(25)32)11-22-7-5-4-6-8-22;/h4-10,12,20,24,29H,11,13-19H2,1-3H3;1H/t20-,24-;/m1./s1. The van der Waals surface area contributed by atoms with E-state index in [-0.39, 0.29) is 35.7 Å². The zero-order valence-corrected chi connectivity index (χ0v) is 22.2. The summed E-state index contributed by atoms with van der Waals surface area (Å²) in [6.45, 7) is 8.36. The van der Waals surface area contributed by atoms with E-state index in [1.807, 2.05) is 15.9 Å². The van der Waals surface area contributed by atoms with E-state index >= 15 is 0 Å². The van der Waals surface area contributed by atoms with E-state index in [9.17, 15) is 9.59 Å². The number of nitrogens with zero attached hydrogens (tertiary/aromatic N) is 3. The minimum Gasteiger partial charge on any atom is -0.383 e. The Bertz CT molecular complexity index is 1090. The van der Waals surface area contributed by atoms with Crippen LogP contribution in [0, 0.1) is 0 Å². The molecule has 194 valence electrons. The van der Waals surface area contributed by atoms with Crippen LogP contribution in [0.3, 0.4) is 0 Å². The molecule has 7 nitrogen and oxygen atoms in total. The molecule has 0 bridgehead atoms. The predicted molar refractivity (Wildman–Crippen MR) is 144 cm³/mol. The molecule has 0 unspecified atom stereocenters. The van der Waals surface area contributed by atoms with Gasteiger partial charge in [0.15, 0.2) is 0 Å². The lowest BCUT2D eigenvalue weighted by Crippen LogP contribution is -2.63. The van der Waals surface area contributed by atoms with Crippen molar-refractivity contribution in [3.8, 4) is 0 Å². The summed E-state index contributed by atoms with van der Waals surface area (Å²) in [7, 11) is 1.71. The second kappa shape index (κ2) is 10.9. The van der Waals surface area contributed by atoms with Crippen LogP contribution in [0.25, 0.3) is 0 Å². The summed E-state index contributed by atoms with van der Waals surface area (Å²) in [4.78, 5) is 31.9. The second-order valence-corrected chi connectivity index (χ2v) is 10.5. The molecule has 1 spiro atoms. The number of hydrogen-bond acceptors (Lipinski definition) is 5. The van der Waals surface area contributed by atoms with Gasteiger partial charge in [-0.3, -0.25) is 14.5 Å². The molecular weight excluding hydrogens is 476 g/mol. The van der Waals surface area contributed by atoms with E-state index < -0.39 is 0 Å². The molecule has 2 amide bonds. The third-order valence-electron chi connectivity index (χ3n) is 7.79. The Morgan fingerprint density at radius 3 is 2.53 bits per heavy atom. The lowest BCUT2D eigenvalue weighted by molar-refractivity contribution is -0.136. The van der Waals surface area contributed by atoms with Crippen LogP contribution in [0.15, 0.2) is 48.5 Å². The Morgan fingerprint density at radius 1 is 1.08 bits per heavy atom. The number of piperazine rings is 1. The van der Waals surface area contributed by atoms with Crippen molar-refractivity contribution >= 4 is 29.9 Å². The fraction of sp³-hybridized carbons (Fsp3) is 0.500. The normalized spacial score (nSPS) is 22.6. The summed E-state index contributed by atoms with van der Waals surface area (Å²) < 4.78 is 5.43. The number of hydrogen-bond donors (Lipinski definition) is 1. The molecule has 0 radical (unpaired) electrons. The maximum absolute atomic E-state index is 13.8. The van der Waals surface area contributed by atoms with Crippen molar-refractivity contribution in [2.75, 3.05) is 57.9 Å². The third kappa shape index (κ3) is 5.16. The second-order valence-electron chi connectivity index (χ2n) is 10.5. The molecule has 0 aromatic heterocycles. The number of halogens is 1. The quantitative estimate of drug-likeness (QED) is 0.644. The van der Waals surface area contributed by atoms with Crippen molar-refractivity contribution in [3.63, 3.8) is 0 Å². The zero-order valence-electron chi connectivity index (χ0n) is 21.4. The lowest BCUT2D eigenvalue weighted by Gasteiger charge is -2.48. The highest BCUT2D eigenvalue weighted by Gasteiger charge is 2.53. The summed E-state index contributed by atoms with van der Waals surface area (Å²) in [5.74, 6) is 0.219. The predicted octanol–water partition coefficient (Wildman–Crippen LogP) is 2.45. The van der Waals surface area contributed by atoms with Crippen LogP contribution in [0.1, 0.15) is 30.5 Å². The number of ether oxygens (including phenoxy) is 1. The molecule has 1 N–H and O–H groups in total. The van der Waals surface area contributed by atoms with Gasteiger partial charge in [-0.05, 0) is 36.1 Å². The molecule has 2 saturated heterocycles. The molecular formula is C28H37ClN4O3. The molecule has 2 fully saturated rings. The van der Waals surface area contributed by atoms with Gasteiger partial charge < -0.3 is 19.9 Å². The first-order chi connectivity index (χ1) is 16.9. The van der Waals surface area contributed by atoms with Crippen molar-refractivity contribution < 1.29 is 14.3 Å². The number of anilines is 1. The van der Waals surface area contributed by atoms with Crippen LogP contribution >= 0.6 is 12.4 Å². The lowest BCUT2D eigenvalue weighted by atomic mass is 9.75. The largest absolute Gasteiger partial charge is 0.383 e. The molecule has 2 aromatic carbocycles. The average molecular weight is 513 g/mol.